The summed E-state index contributed by atoms with van der Waals surface area (Å²) in [5, 5.41) is 4.21. The lowest BCUT2D eigenvalue weighted by molar-refractivity contribution is 0.0607. The van der Waals surface area contributed by atoms with Crippen LogP contribution in [-0.4, -0.2) is 24.0 Å². The van der Waals surface area contributed by atoms with Crippen molar-refractivity contribution in [2.24, 2.45) is 0 Å². The van der Waals surface area contributed by atoms with Crippen LogP contribution in [0.5, 0.6) is 0 Å². The highest BCUT2D eigenvalue weighted by Gasteiger charge is 2.16. The summed E-state index contributed by atoms with van der Waals surface area (Å²) in [6.45, 7) is 0. The SMILES string of the molecule is COC(=O)c1sccc1NC(=O)c1ccc(F)nc1. The summed E-state index contributed by atoms with van der Waals surface area (Å²) in [5.41, 5.74) is 0.551. The largest absolute Gasteiger partial charge is 0.465 e. The summed E-state index contributed by atoms with van der Waals surface area (Å²) in [6, 6.07) is 3.98. The van der Waals surface area contributed by atoms with Gasteiger partial charge in [-0.3, -0.25) is 4.79 Å². The van der Waals surface area contributed by atoms with E-state index in [0.29, 0.717) is 10.6 Å². The number of nitrogens with zero attached hydrogens (tertiary/aromatic N) is 1. The van der Waals surface area contributed by atoms with Crippen LogP contribution in [0.25, 0.3) is 0 Å². The molecule has 5 nitrogen and oxygen atoms in total. The number of hydrogen-bond donors (Lipinski definition) is 1. The topological polar surface area (TPSA) is 68.3 Å². The molecule has 0 saturated carbocycles. The van der Waals surface area contributed by atoms with Crippen molar-refractivity contribution in [1.82, 2.24) is 4.98 Å². The Bertz CT molecular complexity index is 610. The average molecular weight is 280 g/mol. The molecule has 0 aliphatic heterocycles. The van der Waals surface area contributed by atoms with Gasteiger partial charge in [0.1, 0.15) is 4.88 Å². The summed E-state index contributed by atoms with van der Waals surface area (Å²) >= 11 is 1.16. The van der Waals surface area contributed by atoms with Gasteiger partial charge in [0, 0.05) is 6.20 Å². The predicted molar refractivity (Wildman–Crippen MR) is 67.8 cm³/mol. The van der Waals surface area contributed by atoms with E-state index in [1.165, 1.54) is 13.2 Å². The van der Waals surface area contributed by atoms with E-state index in [1.54, 1.807) is 11.4 Å². The monoisotopic (exact) mass is 280 g/mol. The number of pyridine rings is 1. The number of methoxy groups -OCH3 is 1. The van der Waals surface area contributed by atoms with E-state index in [2.05, 4.69) is 15.0 Å². The Kier molecular flexibility index (Phi) is 3.86. The van der Waals surface area contributed by atoms with Crippen molar-refractivity contribution < 1.29 is 18.7 Å². The molecule has 0 aliphatic rings. The summed E-state index contributed by atoms with van der Waals surface area (Å²) < 4.78 is 17.2. The standard InChI is InChI=1S/C12H9FN2O3S/c1-18-12(17)10-8(4-5-19-10)15-11(16)7-2-3-9(13)14-6-7/h2-6H,1H3,(H,15,16). The fraction of sp³-hybridized carbons (Fsp3) is 0.0833. The maximum Gasteiger partial charge on any atom is 0.350 e. The molecular formula is C12H9FN2O3S. The zero-order valence-corrected chi connectivity index (χ0v) is 10.7. The minimum absolute atomic E-state index is 0.198. The van der Waals surface area contributed by atoms with Gasteiger partial charge < -0.3 is 10.1 Å². The molecule has 1 N–H and O–H groups in total. The van der Waals surface area contributed by atoms with Gasteiger partial charge in [0.25, 0.3) is 5.91 Å². The lowest BCUT2D eigenvalue weighted by Gasteiger charge is -2.05. The number of anilines is 1. The lowest BCUT2D eigenvalue weighted by atomic mass is 10.2. The number of rotatable bonds is 3. The molecule has 0 radical (unpaired) electrons. The summed E-state index contributed by atoms with van der Waals surface area (Å²) in [7, 11) is 1.26. The molecule has 98 valence electrons. The van der Waals surface area contributed by atoms with Crippen molar-refractivity contribution in [3.05, 3.63) is 46.2 Å². The molecule has 0 unspecified atom stereocenters. The Labute approximate surface area is 112 Å². The van der Waals surface area contributed by atoms with Crippen LogP contribution in [0, 0.1) is 5.95 Å². The summed E-state index contributed by atoms with van der Waals surface area (Å²) in [6.07, 6.45) is 1.12. The smallest absolute Gasteiger partial charge is 0.350 e. The number of thiophene rings is 1. The van der Waals surface area contributed by atoms with Crippen LogP contribution in [0.1, 0.15) is 20.0 Å². The van der Waals surface area contributed by atoms with Crippen LogP contribution in [0.15, 0.2) is 29.8 Å². The number of carbonyl (C=O) groups excluding carboxylic acids is 2. The van der Waals surface area contributed by atoms with Crippen LogP contribution in [0.2, 0.25) is 0 Å². The highest BCUT2D eigenvalue weighted by atomic mass is 32.1. The van der Waals surface area contributed by atoms with Crippen LogP contribution < -0.4 is 5.32 Å². The van der Waals surface area contributed by atoms with Crippen molar-refractivity contribution in [2.75, 3.05) is 12.4 Å². The van der Waals surface area contributed by atoms with Crippen molar-refractivity contribution >= 4 is 28.9 Å². The number of aromatic nitrogens is 1. The molecule has 0 saturated heterocycles. The first-order valence-electron chi connectivity index (χ1n) is 5.20. The van der Waals surface area contributed by atoms with Crippen molar-refractivity contribution in [3.8, 4) is 0 Å². The van der Waals surface area contributed by atoms with E-state index in [1.807, 2.05) is 0 Å². The number of carbonyl (C=O) groups is 2. The van der Waals surface area contributed by atoms with E-state index in [0.717, 1.165) is 23.6 Å². The fourth-order valence-corrected chi connectivity index (χ4v) is 2.13. The molecule has 0 atom stereocenters. The lowest BCUT2D eigenvalue weighted by Crippen LogP contribution is -2.14. The molecule has 19 heavy (non-hydrogen) atoms. The number of ether oxygens (including phenoxy) is 1. The normalized spacial score (nSPS) is 10.0. The van der Waals surface area contributed by atoms with Gasteiger partial charge in [-0.1, -0.05) is 0 Å². The number of halogens is 1. The predicted octanol–water partition coefficient (Wildman–Crippen LogP) is 2.32. The number of hydrogen-bond acceptors (Lipinski definition) is 5. The van der Waals surface area contributed by atoms with E-state index in [9.17, 15) is 14.0 Å². The maximum atomic E-state index is 12.6. The van der Waals surface area contributed by atoms with Gasteiger partial charge in [-0.05, 0) is 23.6 Å². The Morgan fingerprint density at radius 1 is 1.37 bits per heavy atom. The maximum absolute atomic E-state index is 12.6. The highest BCUT2D eigenvalue weighted by molar-refractivity contribution is 7.12. The summed E-state index contributed by atoms with van der Waals surface area (Å²) in [5.74, 6) is -1.67. The van der Waals surface area contributed by atoms with E-state index < -0.39 is 17.8 Å². The molecule has 0 bridgehead atoms. The molecule has 0 aliphatic carbocycles. The molecule has 0 fully saturated rings. The quantitative estimate of drug-likeness (QED) is 0.692. The Balaban J connectivity index is 2.17. The van der Waals surface area contributed by atoms with Crippen molar-refractivity contribution in [1.29, 1.82) is 0 Å². The Morgan fingerprint density at radius 2 is 2.16 bits per heavy atom. The van der Waals surface area contributed by atoms with Crippen LogP contribution in [0.3, 0.4) is 0 Å². The average Bonchev–Trinajstić information content (AvgIpc) is 2.86. The molecule has 0 aromatic carbocycles. The first-order chi connectivity index (χ1) is 9.11. The van der Waals surface area contributed by atoms with Crippen LogP contribution >= 0.6 is 11.3 Å². The second kappa shape index (κ2) is 5.57. The van der Waals surface area contributed by atoms with E-state index in [-0.39, 0.29) is 5.56 Å². The van der Waals surface area contributed by atoms with E-state index in [4.69, 9.17) is 0 Å². The Morgan fingerprint density at radius 3 is 2.79 bits per heavy atom. The van der Waals surface area contributed by atoms with Gasteiger partial charge in [-0.2, -0.15) is 4.39 Å². The van der Waals surface area contributed by atoms with Gasteiger partial charge in [0.15, 0.2) is 0 Å². The van der Waals surface area contributed by atoms with Crippen molar-refractivity contribution in [2.45, 2.75) is 0 Å². The Hall–Kier alpha value is -2.28. The highest BCUT2D eigenvalue weighted by Crippen LogP contribution is 2.23. The second-order valence-electron chi connectivity index (χ2n) is 3.48. The molecule has 2 aromatic heterocycles. The molecule has 2 aromatic rings. The number of esters is 1. The van der Waals surface area contributed by atoms with Gasteiger partial charge in [-0.15, -0.1) is 11.3 Å². The van der Waals surface area contributed by atoms with Crippen LogP contribution in [0.4, 0.5) is 10.1 Å². The summed E-state index contributed by atoms with van der Waals surface area (Å²) in [4.78, 5) is 27.0. The first kappa shape index (κ1) is 13.2. The molecule has 2 heterocycles. The minimum atomic E-state index is -0.665. The third-order valence-electron chi connectivity index (χ3n) is 2.27. The van der Waals surface area contributed by atoms with Gasteiger partial charge in [-0.25, -0.2) is 9.78 Å². The zero-order valence-electron chi connectivity index (χ0n) is 9.84. The van der Waals surface area contributed by atoms with E-state index >= 15 is 0 Å². The number of nitrogens with one attached hydrogen (secondary N) is 1. The van der Waals surface area contributed by atoms with Crippen LogP contribution in [-0.2, 0) is 4.74 Å². The third-order valence-corrected chi connectivity index (χ3v) is 3.17. The molecule has 0 spiro atoms. The molecule has 7 heteroatoms. The fourth-order valence-electron chi connectivity index (χ4n) is 1.36. The minimum Gasteiger partial charge on any atom is -0.465 e. The van der Waals surface area contributed by atoms with Crippen molar-refractivity contribution in [3.63, 3.8) is 0 Å². The molecular weight excluding hydrogens is 271 g/mol. The second-order valence-corrected chi connectivity index (χ2v) is 4.39. The number of amides is 1. The molecule has 1 amide bonds. The zero-order chi connectivity index (χ0) is 13.8. The van der Waals surface area contributed by atoms with Gasteiger partial charge >= 0.3 is 5.97 Å². The molecule has 2 rings (SSSR count). The third kappa shape index (κ3) is 2.94. The van der Waals surface area contributed by atoms with Gasteiger partial charge in [0.05, 0.1) is 18.4 Å². The van der Waals surface area contributed by atoms with Gasteiger partial charge in [0.2, 0.25) is 5.95 Å². The first-order valence-corrected chi connectivity index (χ1v) is 6.08.